The molecular formula is C12H15NO3S. The first-order valence-corrected chi connectivity index (χ1v) is 6.62. The molecule has 4 nitrogen and oxygen atoms in total. The Balaban J connectivity index is 2.08. The highest BCUT2D eigenvalue weighted by atomic mass is 32.1. The van der Waals surface area contributed by atoms with Gasteiger partial charge < -0.3 is 10.4 Å². The van der Waals surface area contributed by atoms with Crippen LogP contribution in [-0.2, 0) is 4.79 Å². The van der Waals surface area contributed by atoms with Crippen LogP contribution in [0, 0.1) is 0 Å². The molecule has 1 amide bonds. The molecule has 1 aliphatic carbocycles. The van der Waals surface area contributed by atoms with E-state index in [-0.39, 0.29) is 12.3 Å². The molecule has 0 atom stereocenters. The summed E-state index contributed by atoms with van der Waals surface area (Å²) in [6.07, 6.45) is 3.50. The van der Waals surface area contributed by atoms with Crippen molar-refractivity contribution in [1.82, 2.24) is 5.32 Å². The lowest BCUT2D eigenvalue weighted by atomic mass is 9.93. The van der Waals surface area contributed by atoms with Crippen molar-refractivity contribution in [3.8, 4) is 0 Å². The normalized spacial score (nSPS) is 17.9. The van der Waals surface area contributed by atoms with Gasteiger partial charge in [0.05, 0.1) is 17.5 Å². The van der Waals surface area contributed by atoms with Gasteiger partial charge in [0, 0.05) is 5.38 Å². The van der Waals surface area contributed by atoms with E-state index in [9.17, 15) is 9.59 Å². The molecule has 1 saturated carbocycles. The molecular weight excluding hydrogens is 238 g/mol. The molecule has 1 aliphatic rings. The third kappa shape index (κ3) is 2.85. The molecule has 0 spiro atoms. The highest BCUT2D eigenvalue weighted by Gasteiger charge is 2.37. The molecule has 5 heteroatoms. The van der Waals surface area contributed by atoms with E-state index < -0.39 is 11.5 Å². The number of hydrogen-bond acceptors (Lipinski definition) is 3. The Morgan fingerprint density at radius 1 is 1.41 bits per heavy atom. The zero-order valence-corrected chi connectivity index (χ0v) is 10.3. The van der Waals surface area contributed by atoms with Gasteiger partial charge in [-0.2, -0.15) is 11.3 Å². The van der Waals surface area contributed by atoms with Gasteiger partial charge in [-0.1, -0.05) is 12.8 Å². The summed E-state index contributed by atoms with van der Waals surface area (Å²) in [6, 6.07) is 1.75. The summed E-state index contributed by atoms with van der Waals surface area (Å²) in [5.74, 6) is -1.01. The van der Waals surface area contributed by atoms with Crippen molar-refractivity contribution >= 4 is 23.2 Å². The summed E-state index contributed by atoms with van der Waals surface area (Å²) in [7, 11) is 0. The van der Waals surface area contributed by atoms with Crippen LogP contribution in [-0.4, -0.2) is 22.5 Å². The number of thiophene rings is 1. The van der Waals surface area contributed by atoms with Crippen LogP contribution in [0.1, 0.15) is 42.5 Å². The van der Waals surface area contributed by atoms with E-state index in [0.29, 0.717) is 5.56 Å². The maximum atomic E-state index is 12.0. The summed E-state index contributed by atoms with van der Waals surface area (Å²) in [6.45, 7) is 0. The Bertz CT molecular complexity index is 407. The number of nitrogens with one attached hydrogen (secondary N) is 1. The van der Waals surface area contributed by atoms with Crippen molar-refractivity contribution in [2.75, 3.05) is 0 Å². The van der Waals surface area contributed by atoms with Crippen LogP contribution in [0.25, 0.3) is 0 Å². The molecule has 1 heterocycles. The number of carbonyl (C=O) groups excluding carboxylic acids is 1. The maximum Gasteiger partial charge on any atom is 0.305 e. The maximum absolute atomic E-state index is 12.0. The summed E-state index contributed by atoms with van der Waals surface area (Å²) in [4.78, 5) is 22.8. The first-order valence-electron chi connectivity index (χ1n) is 5.68. The number of aliphatic carboxylic acids is 1. The first kappa shape index (κ1) is 12.1. The standard InChI is InChI=1S/C12H15NO3S/c14-10(15)7-12(4-1-2-5-12)13-11(16)9-3-6-17-8-9/h3,6,8H,1-2,4-5,7H2,(H,13,16)(H,14,15). The summed E-state index contributed by atoms with van der Waals surface area (Å²) in [5, 5.41) is 15.5. The van der Waals surface area contributed by atoms with Gasteiger partial charge in [-0.25, -0.2) is 0 Å². The molecule has 0 unspecified atom stereocenters. The minimum atomic E-state index is -0.850. The quantitative estimate of drug-likeness (QED) is 0.865. The van der Waals surface area contributed by atoms with Crippen LogP contribution in [0.15, 0.2) is 16.8 Å². The van der Waals surface area contributed by atoms with Gasteiger partial charge in [0.15, 0.2) is 0 Å². The zero-order chi connectivity index (χ0) is 12.3. The number of carbonyl (C=O) groups is 2. The van der Waals surface area contributed by atoms with Gasteiger partial charge in [-0.3, -0.25) is 9.59 Å². The molecule has 0 saturated heterocycles. The van der Waals surface area contributed by atoms with Gasteiger partial charge in [0.1, 0.15) is 0 Å². The lowest BCUT2D eigenvalue weighted by Gasteiger charge is -2.28. The van der Waals surface area contributed by atoms with Crippen molar-refractivity contribution in [3.63, 3.8) is 0 Å². The summed E-state index contributed by atoms with van der Waals surface area (Å²) in [5.41, 5.74) is 0.0804. The lowest BCUT2D eigenvalue weighted by Crippen LogP contribution is -2.47. The second kappa shape index (κ2) is 4.87. The largest absolute Gasteiger partial charge is 0.481 e. The second-order valence-corrected chi connectivity index (χ2v) is 5.30. The van der Waals surface area contributed by atoms with Gasteiger partial charge >= 0.3 is 5.97 Å². The Kier molecular flexibility index (Phi) is 3.47. The van der Waals surface area contributed by atoms with Gasteiger partial charge in [-0.05, 0) is 24.3 Å². The highest BCUT2D eigenvalue weighted by molar-refractivity contribution is 7.08. The highest BCUT2D eigenvalue weighted by Crippen LogP contribution is 2.33. The van der Waals surface area contributed by atoms with Crippen LogP contribution in [0.2, 0.25) is 0 Å². The number of amides is 1. The van der Waals surface area contributed by atoms with Gasteiger partial charge in [-0.15, -0.1) is 0 Å². The van der Waals surface area contributed by atoms with Gasteiger partial charge in [0.25, 0.3) is 5.91 Å². The predicted molar refractivity (Wildman–Crippen MR) is 65.2 cm³/mol. The summed E-state index contributed by atoms with van der Waals surface area (Å²) >= 11 is 1.46. The van der Waals surface area contributed by atoms with E-state index in [1.807, 2.05) is 5.38 Å². The SMILES string of the molecule is O=C(O)CC1(NC(=O)c2ccsc2)CCCC1. The molecule has 1 fully saturated rings. The Morgan fingerprint density at radius 2 is 2.12 bits per heavy atom. The third-order valence-electron chi connectivity index (χ3n) is 3.21. The average molecular weight is 253 g/mol. The molecule has 0 aliphatic heterocycles. The second-order valence-electron chi connectivity index (χ2n) is 4.52. The number of carboxylic acid groups (broad SMARTS) is 1. The van der Waals surface area contributed by atoms with Crippen molar-refractivity contribution in [2.24, 2.45) is 0 Å². The number of hydrogen-bond donors (Lipinski definition) is 2. The Hall–Kier alpha value is -1.36. The topological polar surface area (TPSA) is 66.4 Å². The Labute approximate surface area is 104 Å². The minimum absolute atomic E-state index is 0.0167. The van der Waals surface area contributed by atoms with Crippen LogP contribution in [0.5, 0.6) is 0 Å². The van der Waals surface area contributed by atoms with Crippen molar-refractivity contribution in [1.29, 1.82) is 0 Å². The zero-order valence-electron chi connectivity index (χ0n) is 9.44. The molecule has 0 aromatic carbocycles. The Morgan fingerprint density at radius 3 is 2.65 bits per heavy atom. The van der Waals surface area contributed by atoms with E-state index in [1.54, 1.807) is 11.4 Å². The minimum Gasteiger partial charge on any atom is -0.481 e. The van der Waals surface area contributed by atoms with E-state index in [1.165, 1.54) is 11.3 Å². The van der Waals surface area contributed by atoms with Crippen LogP contribution < -0.4 is 5.32 Å². The fourth-order valence-electron chi connectivity index (χ4n) is 2.39. The van der Waals surface area contributed by atoms with E-state index in [4.69, 9.17) is 5.11 Å². The molecule has 1 aromatic heterocycles. The number of rotatable bonds is 4. The smallest absolute Gasteiger partial charge is 0.305 e. The lowest BCUT2D eigenvalue weighted by molar-refractivity contribution is -0.138. The van der Waals surface area contributed by atoms with Gasteiger partial charge in [0.2, 0.25) is 0 Å². The molecule has 92 valence electrons. The summed E-state index contributed by atoms with van der Waals surface area (Å²) < 4.78 is 0. The molecule has 17 heavy (non-hydrogen) atoms. The van der Waals surface area contributed by atoms with Crippen LogP contribution in [0.4, 0.5) is 0 Å². The van der Waals surface area contributed by atoms with Crippen LogP contribution >= 0.6 is 11.3 Å². The third-order valence-corrected chi connectivity index (χ3v) is 3.90. The van der Waals surface area contributed by atoms with Crippen molar-refractivity contribution in [2.45, 2.75) is 37.6 Å². The van der Waals surface area contributed by atoms with Crippen LogP contribution in [0.3, 0.4) is 0 Å². The fourth-order valence-corrected chi connectivity index (χ4v) is 3.03. The molecule has 2 rings (SSSR count). The van der Waals surface area contributed by atoms with Crippen molar-refractivity contribution in [3.05, 3.63) is 22.4 Å². The van der Waals surface area contributed by atoms with E-state index >= 15 is 0 Å². The monoisotopic (exact) mass is 253 g/mol. The van der Waals surface area contributed by atoms with E-state index in [0.717, 1.165) is 25.7 Å². The average Bonchev–Trinajstić information content (AvgIpc) is 2.86. The van der Waals surface area contributed by atoms with E-state index in [2.05, 4.69) is 5.32 Å². The number of carboxylic acids is 1. The molecule has 1 aromatic rings. The fraction of sp³-hybridized carbons (Fsp3) is 0.500. The van der Waals surface area contributed by atoms with Crippen molar-refractivity contribution < 1.29 is 14.7 Å². The first-order chi connectivity index (χ1) is 8.11. The molecule has 0 bridgehead atoms. The molecule has 2 N–H and O–H groups in total. The predicted octanol–water partition coefficient (Wildman–Crippen LogP) is 2.27. The molecule has 0 radical (unpaired) electrons.